The lowest BCUT2D eigenvalue weighted by atomic mass is 10.1. The highest BCUT2D eigenvalue weighted by atomic mass is 16.5. The van der Waals surface area contributed by atoms with Gasteiger partial charge in [-0.2, -0.15) is 0 Å². The average Bonchev–Trinajstić information content (AvgIpc) is 2.87. The van der Waals surface area contributed by atoms with E-state index < -0.39 is 12.0 Å². The van der Waals surface area contributed by atoms with E-state index in [9.17, 15) is 9.59 Å². The number of nitrogens with one attached hydrogen (secondary N) is 2. The van der Waals surface area contributed by atoms with Crippen LogP contribution in [-0.2, 0) is 9.59 Å². The zero-order valence-electron chi connectivity index (χ0n) is 12.1. The number of nitrogens with zero attached hydrogens (tertiary/aromatic N) is 2. The second-order valence-corrected chi connectivity index (χ2v) is 5.35. The maximum atomic E-state index is 12.0. The molecule has 2 rings (SSSR count). The smallest absolute Gasteiger partial charge is 0.322 e. The van der Waals surface area contributed by atoms with E-state index in [2.05, 4.69) is 15.8 Å². The molecule has 116 valence electrons. The minimum absolute atomic E-state index is 0.0103. The number of aromatic nitrogens is 1. The Labute approximate surface area is 122 Å². The third-order valence-corrected chi connectivity index (χ3v) is 3.37. The van der Waals surface area contributed by atoms with Crippen LogP contribution in [0, 0.1) is 0 Å². The highest BCUT2D eigenvalue weighted by molar-refractivity contribution is 5.91. The summed E-state index contributed by atoms with van der Waals surface area (Å²) in [6, 6.07) is 0.986. The molecule has 1 saturated heterocycles. The number of rotatable bonds is 5. The molecule has 1 aliphatic heterocycles. The fourth-order valence-corrected chi connectivity index (χ4v) is 2.16. The van der Waals surface area contributed by atoms with E-state index >= 15 is 0 Å². The second kappa shape index (κ2) is 6.68. The molecule has 1 aromatic heterocycles. The van der Waals surface area contributed by atoms with E-state index in [1.807, 2.05) is 13.8 Å². The van der Waals surface area contributed by atoms with E-state index in [1.54, 1.807) is 11.0 Å². The molecular formula is C13H20N4O4. The van der Waals surface area contributed by atoms with E-state index in [1.165, 1.54) is 0 Å². The predicted octanol–water partition coefficient (Wildman–Crippen LogP) is 0.0949. The van der Waals surface area contributed by atoms with Crippen molar-refractivity contribution in [2.75, 3.05) is 31.5 Å². The Morgan fingerprint density at radius 3 is 3.00 bits per heavy atom. The molecule has 1 fully saturated rings. The van der Waals surface area contributed by atoms with Crippen molar-refractivity contribution in [1.29, 1.82) is 0 Å². The van der Waals surface area contributed by atoms with Crippen LogP contribution in [0.2, 0.25) is 0 Å². The van der Waals surface area contributed by atoms with Crippen LogP contribution in [0.25, 0.3) is 0 Å². The Hall–Kier alpha value is -1.93. The van der Waals surface area contributed by atoms with Gasteiger partial charge in [0, 0.05) is 25.7 Å². The average molecular weight is 296 g/mol. The number of hydrogen-bond donors (Lipinski definition) is 3. The maximum Gasteiger partial charge on any atom is 0.322 e. The molecule has 1 aliphatic rings. The fraction of sp³-hybridized carbons (Fsp3) is 0.615. The van der Waals surface area contributed by atoms with Crippen molar-refractivity contribution in [3.8, 4) is 0 Å². The SMILES string of the molecule is CC(C)c1cc(NC(=O)CN2CCNCC2C(=O)O)on1. The van der Waals surface area contributed by atoms with Gasteiger partial charge in [-0.25, -0.2) is 0 Å². The van der Waals surface area contributed by atoms with E-state index in [0.717, 1.165) is 5.69 Å². The molecule has 1 atom stereocenters. The van der Waals surface area contributed by atoms with Crippen LogP contribution in [0.5, 0.6) is 0 Å². The van der Waals surface area contributed by atoms with Crippen molar-refractivity contribution in [3.05, 3.63) is 11.8 Å². The normalized spacial score (nSPS) is 19.7. The quantitative estimate of drug-likeness (QED) is 0.707. The molecule has 0 aromatic carbocycles. The van der Waals surface area contributed by atoms with Gasteiger partial charge in [-0.3, -0.25) is 19.8 Å². The zero-order chi connectivity index (χ0) is 15.4. The van der Waals surface area contributed by atoms with Gasteiger partial charge >= 0.3 is 5.97 Å². The number of amides is 1. The summed E-state index contributed by atoms with van der Waals surface area (Å²) >= 11 is 0. The number of carboxylic acid groups (broad SMARTS) is 1. The maximum absolute atomic E-state index is 12.0. The highest BCUT2D eigenvalue weighted by Gasteiger charge is 2.29. The summed E-state index contributed by atoms with van der Waals surface area (Å²) in [6.07, 6.45) is 0. The molecule has 21 heavy (non-hydrogen) atoms. The number of hydrogen-bond acceptors (Lipinski definition) is 6. The lowest BCUT2D eigenvalue weighted by Gasteiger charge is -2.32. The monoisotopic (exact) mass is 296 g/mol. The fourth-order valence-electron chi connectivity index (χ4n) is 2.16. The van der Waals surface area contributed by atoms with E-state index in [0.29, 0.717) is 19.6 Å². The molecular weight excluding hydrogens is 276 g/mol. The lowest BCUT2D eigenvalue weighted by Crippen LogP contribution is -2.56. The Balaban J connectivity index is 1.92. The molecule has 2 heterocycles. The molecule has 0 spiro atoms. The molecule has 1 aromatic rings. The molecule has 8 nitrogen and oxygen atoms in total. The number of aliphatic carboxylic acids is 1. The van der Waals surface area contributed by atoms with Crippen LogP contribution in [0.15, 0.2) is 10.6 Å². The first-order valence-electron chi connectivity index (χ1n) is 6.91. The van der Waals surface area contributed by atoms with Gasteiger partial charge in [0.15, 0.2) is 0 Å². The van der Waals surface area contributed by atoms with E-state index in [-0.39, 0.29) is 24.3 Å². The third-order valence-electron chi connectivity index (χ3n) is 3.37. The minimum Gasteiger partial charge on any atom is -0.480 e. The number of carbonyl (C=O) groups is 2. The van der Waals surface area contributed by atoms with Gasteiger partial charge in [-0.15, -0.1) is 0 Å². The molecule has 1 unspecified atom stereocenters. The summed E-state index contributed by atoms with van der Waals surface area (Å²) in [4.78, 5) is 24.7. The minimum atomic E-state index is -0.934. The highest BCUT2D eigenvalue weighted by Crippen LogP contribution is 2.17. The van der Waals surface area contributed by atoms with Crippen LogP contribution < -0.4 is 10.6 Å². The number of carboxylic acids is 1. The number of piperazine rings is 1. The summed E-state index contributed by atoms with van der Waals surface area (Å²) in [6.45, 7) is 5.47. The summed E-state index contributed by atoms with van der Waals surface area (Å²) in [5.41, 5.74) is 0.760. The molecule has 0 radical (unpaired) electrons. The van der Waals surface area contributed by atoms with Gasteiger partial charge in [0.25, 0.3) is 0 Å². The van der Waals surface area contributed by atoms with Crippen molar-refractivity contribution in [2.45, 2.75) is 25.8 Å². The Morgan fingerprint density at radius 1 is 1.62 bits per heavy atom. The van der Waals surface area contributed by atoms with Crippen LogP contribution in [0.1, 0.15) is 25.5 Å². The van der Waals surface area contributed by atoms with Crippen molar-refractivity contribution < 1.29 is 19.2 Å². The van der Waals surface area contributed by atoms with Crippen molar-refractivity contribution in [2.24, 2.45) is 0 Å². The van der Waals surface area contributed by atoms with Crippen molar-refractivity contribution in [1.82, 2.24) is 15.4 Å². The molecule has 8 heteroatoms. The summed E-state index contributed by atoms with van der Waals surface area (Å²) in [7, 11) is 0. The van der Waals surface area contributed by atoms with Gasteiger partial charge in [0.2, 0.25) is 11.8 Å². The third kappa shape index (κ3) is 4.02. The largest absolute Gasteiger partial charge is 0.480 e. The number of anilines is 1. The summed E-state index contributed by atoms with van der Waals surface area (Å²) in [5.74, 6) is -0.749. The van der Waals surface area contributed by atoms with Crippen molar-refractivity contribution in [3.63, 3.8) is 0 Å². The molecule has 0 bridgehead atoms. The first-order valence-corrected chi connectivity index (χ1v) is 6.91. The number of carbonyl (C=O) groups excluding carboxylic acids is 1. The molecule has 0 saturated carbocycles. The van der Waals surface area contributed by atoms with Crippen LogP contribution in [0.3, 0.4) is 0 Å². The molecule has 3 N–H and O–H groups in total. The predicted molar refractivity (Wildman–Crippen MR) is 75.1 cm³/mol. The van der Waals surface area contributed by atoms with Gasteiger partial charge in [-0.1, -0.05) is 19.0 Å². The van der Waals surface area contributed by atoms with Gasteiger partial charge in [0.1, 0.15) is 6.04 Å². The second-order valence-electron chi connectivity index (χ2n) is 5.35. The standard InChI is InChI=1S/C13H20N4O4/c1-8(2)9-5-12(21-16-9)15-11(18)7-17-4-3-14-6-10(17)13(19)20/h5,8,10,14H,3-4,6-7H2,1-2H3,(H,15,18)(H,19,20). The van der Waals surface area contributed by atoms with Gasteiger partial charge < -0.3 is 14.9 Å². The zero-order valence-corrected chi connectivity index (χ0v) is 12.1. The van der Waals surface area contributed by atoms with Crippen LogP contribution >= 0.6 is 0 Å². The summed E-state index contributed by atoms with van der Waals surface area (Å²) < 4.78 is 5.03. The Morgan fingerprint density at radius 2 is 2.38 bits per heavy atom. The van der Waals surface area contributed by atoms with Crippen LogP contribution in [-0.4, -0.2) is 59.3 Å². The Bertz CT molecular complexity index is 514. The van der Waals surface area contributed by atoms with Crippen LogP contribution in [0.4, 0.5) is 5.88 Å². The van der Waals surface area contributed by atoms with E-state index in [4.69, 9.17) is 9.63 Å². The lowest BCUT2D eigenvalue weighted by molar-refractivity contribution is -0.144. The van der Waals surface area contributed by atoms with Gasteiger partial charge in [-0.05, 0) is 5.92 Å². The molecule has 1 amide bonds. The molecule has 0 aliphatic carbocycles. The Kier molecular flexibility index (Phi) is 4.92. The first-order chi connectivity index (χ1) is 9.97. The van der Waals surface area contributed by atoms with Crippen molar-refractivity contribution >= 4 is 17.8 Å². The topological polar surface area (TPSA) is 108 Å². The first kappa shape index (κ1) is 15.5. The summed E-state index contributed by atoms with van der Waals surface area (Å²) in [5, 5.41) is 18.6. The van der Waals surface area contributed by atoms with Gasteiger partial charge in [0.05, 0.1) is 12.2 Å².